The van der Waals surface area contributed by atoms with E-state index in [9.17, 15) is 4.79 Å². The number of hydrogen-bond donors (Lipinski definition) is 0. The minimum atomic E-state index is -0.418. The smallest absolute Gasteiger partial charge is 0.374 e. The predicted octanol–water partition coefficient (Wildman–Crippen LogP) is 1.78. The molecular formula is C17H21N3O3. The SMILES string of the molecule is COC(=O)c1occc1CN1CCN(Cc2ccccn2)CC1. The van der Waals surface area contributed by atoms with Crippen LogP contribution in [0.5, 0.6) is 0 Å². The van der Waals surface area contributed by atoms with Crippen LogP contribution < -0.4 is 0 Å². The Morgan fingerprint density at radius 1 is 1.17 bits per heavy atom. The molecule has 3 heterocycles. The summed E-state index contributed by atoms with van der Waals surface area (Å²) in [5, 5.41) is 0. The van der Waals surface area contributed by atoms with E-state index in [4.69, 9.17) is 9.15 Å². The summed E-state index contributed by atoms with van der Waals surface area (Å²) in [5.74, 6) is -0.109. The molecule has 1 aliphatic heterocycles. The highest BCUT2D eigenvalue weighted by Gasteiger charge is 2.21. The Kier molecular flexibility index (Phi) is 5.05. The first-order chi connectivity index (χ1) is 11.3. The Balaban J connectivity index is 1.52. The summed E-state index contributed by atoms with van der Waals surface area (Å²) in [6, 6.07) is 7.85. The van der Waals surface area contributed by atoms with E-state index in [1.165, 1.54) is 7.11 Å². The lowest BCUT2D eigenvalue weighted by Gasteiger charge is -2.34. The van der Waals surface area contributed by atoms with Gasteiger partial charge in [-0.1, -0.05) is 6.07 Å². The van der Waals surface area contributed by atoms with Gasteiger partial charge in [-0.3, -0.25) is 14.8 Å². The van der Waals surface area contributed by atoms with Gasteiger partial charge in [-0.2, -0.15) is 0 Å². The summed E-state index contributed by atoms with van der Waals surface area (Å²) in [6.07, 6.45) is 3.37. The van der Waals surface area contributed by atoms with Crippen molar-refractivity contribution >= 4 is 5.97 Å². The molecule has 122 valence electrons. The summed E-state index contributed by atoms with van der Waals surface area (Å²) in [6.45, 7) is 5.48. The highest BCUT2D eigenvalue weighted by molar-refractivity contribution is 5.87. The largest absolute Gasteiger partial charge is 0.463 e. The van der Waals surface area contributed by atoms with Crippen molar-refractivity contribution in [3.8, 4) is 0 Å². The number of hydrogen-bond acceptors (Lipinski definition) is 6. The summed E-state index contributed by atoms with van der Waals surface area (Å²) < 4.78 is 9.98. The van der Waals surface area contributed by atoms with E-state index in [1.54, 1.807) is 6.26 Å². The van der Waals surface area contributed by atoms with Gasteiger partial charge in [-0.15, -0.1) is 0 Å². The molecule has 0 aromatic carbocycles. The molecule has 0 unspecified atom stereocenters. The van der Waals surface area contributed by atoms with E-state index >= 15 is 0 Å². The molecule has 0 aliphatic carbocycles. The number of pyridine rings is 1. The van der Waals surface area contributed by atoms with Gasteiger partial charge in [0.2, 0.25) is 5.76 Å². The van der Waals surface area contributed by atoms with E-state index in [1.807, 2.05) is 24.4 Å². The highest BCUT2D eigenvalue weighted by Crippen LogP contribution is 2.16. The molecular weight excluding hydrogens is 294 g/mol. The fourth-order valence-electron chi connectivity index (χ4n) is 2.80. The lowest BCUT2D eigenvalue weighted by molar-refractivity contribution is 0.0559. The van der Waals surface area contributed by atoms with Gasteiger partial charge in [-0.25, -0.2) is 4.79 Å². The zero-order chi connectivity index (χ0) is 16.1. The minimum absolute atomic E-state index is 0.309. The second kappa shape index (κ2) is 7.39. The van der Waals surface area contributed by atoms with Crippen LogP contribution in [0.25, 0.3) is 0 Å². The fourth-order valence-corrected chi connectivity index (χ4v) is 2.80. The standard InChI is InChI=1S/C17H21N3O3/c1-22-17(21)16-14(5-11-23-16)12-19-7-9-20(10-8-19)13-15-4-2-3-6-18-15/h2-6,11H,7-10,12-13H2,1H3. The fraction of sp³-hybridized carbons (Fsp3) is 0.412. The summed E-state index contributed by atoms with van der Waals surface area (Å²) >= 11 is 0. The average Bonchev–Trinajstić information content (AvgIpc) is 3.05. The van der Waals surface area contributed by atoms with E-state index in [0.717, 1.165) is 44.0 Å². The van der Waals surface area contributed by atoms with Crippen LogP contribution in [0.2, 0.25) is 0 Å². The van der Waals surface area contributed by atoms with Crippen molar-refractivity contribution in [3.05, 3.63) is 53.7 Å². The third-order valence-corrected chi connectivity index (χ3v) is 4.09. The van der Waals surface area contributed by atoms with Gasteiger partial charge in [0, 0.05) is 51.0 Å². The van der Waals surface area contributed by atoms with Crippen LogP contribution >= 0.6 is 0 Å². The Morgan fingerprint density at radius 2 is 1.91 bits per heavy atom. The summed E-state index contributed by atoms with van der Waals surface area (Å²) in [5.41, 5.74) is 1.98. The molecule has 0 amide bonds. The van der Waals surface area contributed by atoms with Crippen LogP contribution in [0.4, 0.5) is 0 Å². The lowest BCUT2D eigenvalue weighted by Crippen LogP contribution is -2.45. The Morgan fingerprint density at radius 3 is 2.57 bits per heavy atom. The predicted molar refractivity (Wildman–Crippen MR) is 84.8 cm³/mol. The topological polar surface area (TPSA) is 58.8 Å². The highest BCUT2D eigenvalue weighted by atomic mass is 16.5. The molecule has 6 heteroatoms. The summed E-state index contributed by atoms with van der Waals surface area (Å²) in [4.78, 5) is 20.7. The maximum atomic E-state index is 11.6. The lowest BCUT2D eigenvalue weighted by atomic mass is 10.2. The first kappa shape index (κ1) is 15.7. The Hall–Kier alpha value is -2.18. The van der Waals surface area contributed by atoms with Crippen LogP contribution in [0.3, 0.4) is 0 Å². The maximum absolute atomic E-state index is 11.6. The first-order valence-electron chi connectivity index (χ1n) is 7.75. The number of carbonyl (C=O) groups is 1. The minimum Gasteiger partial charge on any atom is -0.463 e. The van der Waals surface area contributed by atoms with Gasteiger partial charge in [0.15, 0.2) is 0 Å². The quantitative estimate of drug-likeness (QED) is 0.784. The number of carbonyl (C=O) groups excluding carboxylic acids is 1. The Labute approximate surface area is 135 Å². The number of furan rings is 1. The second-order valence-electron chi connectivity index (χ2n) is 5.64. The van der Waals surface area contributed by atoms with Crippen molar-refractivity contribution in [1.82, 2.24) is 14.8 Å². The molecule has 1 aliphatic rings. The molecule has 3 rings (SSSR count). The monoisotopic (exact) mass is 315 g/mol. The molecule has 1 fully saturated rings. The second-order valence-corrected chi connectivity index (χ2v) is 5.64. The van der Waals surface area contributed by atoms with Gasteiger partial charge in [0.1, 0.15) is 0 Å². The van der Waals surface area contributed by atoms with Gasteiger partial charge in [-0.05, 0) is 18.2 Å². The molecule has 23 heavy (non-hydrogen) atoms. The van der Waals surface area contributed by atoms with Crippen molar-refractivity contribution < 1.29 is 13.9 Å². The van der Waals surface area contributed by atoms with Gasteiger partial charge in [0.05, 0.1) is 19.1 Å². The molecule has 0 N–H and O–H groups in total. The van der Waals surface area contributed by atoms with Crippen molar-refractivity contribution in [3.63, 3.8) is 0 Å². The number of aromatic nitrogens is 1. The summed E-state index contributed by atoms with van der Waals surface area (Å²) in [7, 11) is 1.37. The maximum Gasteiger partial charge on any atom is 0.374 e. The molecule has 0 atom stereocenters. The van der Waals surface area contributed by atoms with Crippen molar-refractivity contribution in [2.24, 2.45) is 0 Å². The van der Waals surface area contributed by atoms with Crippen molar-refractivity contribution in [2.75, 3.05) is 33.3 Å². The van der Waals surface area contributed by atoms with Crippen LogP contribution in [0.15, 0.2) is 41.1 Å². The molecule has 2 aromatic heterocycles. The molecule has 0 spiro atoms. The zero-order valence-corrected chi connectivity index (χ0v) is 13.3. The van der Waals surface area contributed by atoms with Crippen LogP contribution in [0, 0.1) is 0 Å². The first-order valence-corrected chi connectivity index (χ1v) is 7.75. The van der Waals surface area contributed by atoms with E-state index in [0.29, 0.717) is 12.3 Å². The van der Waals surface area contributed by atoms with E-state index in [2.05, 4.69) is 20.9 Å². The van der Waals surface area contributed by atoms with Crippen LogP contribution in [0.1, 0.15) is 21.8 Å². The van der Waals surface area contributed by atoms with Gasteiger partial charge >= 0.3 is 5.97 Å². The molecule has 0 radical (unpaired) electrons. The number of methoxy groups -OCH3 is 1. The molecule has 6 nitrogen and oxygen atoms in total. The number of rotatable bonds is 5. The van der Waals surface area contributed by atoms with Crippen molar-refractivity contribution in [1.29, 1.82) is 0 Å². The number of esters is 1. The van der Waals surface area contributed by atoms with Gasteiger partial charge in [0.25, 0.3) is 0 Å². The molecule has 2 aromatic rings. The molecule has 1 saturated heterocycles. The van der Waals surface area contributed by atoms with Crippen LogP contribution in [-0.4, -0.2) is 54.0 Å². The third kappa shape index (κ3) is 3.97. The molecule has 0 bridgehead atoms. The zero-order valence-electron chi connectivity index (χ0n) is 13.3. The van der Waals surface area contributed by atoms with E-state index in [-0.39, 0.29) is 0 Å². The Bertz CT molecular complexity index is 634. The molecule has 0 saturated carbocycles. The number of nitrogens with zero attached hydrogens (tertiary/aromatic N) is 3. The third-order valence-electron chi connectivity index (χ3n) is 4.09. The van der Waals surface area contributed by atoms with Crippen molar-refractivity contribution in [2.45, 2.75) is 13.1 Å². The van der Waals surface area contributed by atoms with Crippen LogP contribution in [-0.2, 0) is 17.8 Å². The number of ether oxygens (including phenoxy) is 1. The van der Waals surface area contributed by atoms with E-state index < -0.39 is 5.97 Å². The average molecular weight is 315 g/mol. The van der Waals surface area contributed by atoms with Gasteiger partial charge < -0.3 is 9.15 Å². The normalized spacial score (nSPS) is 16.4. The number of piperazine rings is 1.